The van der Waals surface area contributed by atoms with Gasteiger partial charge in [0.1, 0.15) is 0 Å². The third-order valence-electron chi connectivity index (χ3n) is 9.45. The Kier molecular flexibility index (Phi) is 8.63. The van der Waals surface area contributed by atoms with Gasteiger partial charge in [0.2, 0.25) is 0 Å². The third-order valence-corrected chi connectivity index (χ3v) is 9.78. The number of carboxylic acids is 1. The number of carbonyl (C=O) groups is 1. The first-order chi connectivity index (χ1) is 18.7. The van der Waals surface area contributed by atoms with E-state index in [0.29, 0.717) is 24.7 Å². The van der Waals surface area contributed by atoms with E-state index in [1.165, 1.54) is 65.6 Å². The first-order valence-corrected chi connectivity index (χ1v) is 15.2. The highest BCUT2D eigenvalue weighted by atomic mass is 35.5. The van der Waals surface area contributed by atoms with Crippen molar-refractivity contribution in [2.24, 2.45) is 16.3 Å². The van der Waals surface area contributed by atoms with Crippen LogP contribution in [-0.2, 0) is 11.3 Å². The molecule has 1 saturated carbocycles. The van der Waals surface area contributed by atoms with Gasteiger partial charge in [-0.2, -0.15) is 0 Å². The van der Waals surface area contributed by atoms with E-state index in [0.717, 1.165) is 31.1 Å². The van der Waals surface area contributed by atoms with Crippen molar-refractivity contribution in [1.29, 1.82) is 0 Å². The van der Waals surface area contributed by atoms with Gasteiger partial charge in [-0.3, -0.25) is 14.7 Å². The number of nitrogens with zero attached hydrogens (tertiary/aromatic N) is 2. The molecular formula is C34H43ClN2O2. The van der Waals surface area contributed by atoms with Gasteiger partial charge in [-0.05, 0) is 98.9 Å². The number of carboxylic acid groups (broad SMARTS) is 1. The van der Waals surface area contributed by atoms with Gasteiger partial charge >= 0.3 is 5.97 Å². The van der Waals surface area contributed by atoms with Crippen LogP contribution in [0.25, 0.3) is 5.57 Å². The van der Waals surface area contributed by atoms with E-state index in [1.807, 2.05) is 6.92 Å². The zero-order chi connectivity index (χ0) is 27.6. The Morgan fingerprint density at radius 1 is 1.03 bits per heavy atom. The van der Waals surface area contributed by atoms with E-state index in [1.54, 1.807) is 0 Å². The normalized spacial score (nSPS) is 24.5. The average Bonchev–Trinajstić information content (AvgIpc) is 3.08. The van der Waals surface area contributed by atoms with Crippen molar-refractivity contribution in [1.82, 2.24) is 4.90 Å². The summed E-state index contributed by atoms with van der Waals surface area (Å²) in [6.45, 7) is 8.85. The molecule has 5 rings (SSSR count). The van der Waals surface area contributed by atoms with Crippen LogP contribution in [0.5, 0.6) is 0 Å². The van der Waals surface area contributed by atoms with Crippen LogP contribution in [0.15, 0.2) is 53.5 Å². The minimum absolute atomic E-state index is 0.0677. The molecule has 5 heteroatoms. The van der Waals surface area contributed by atoms with Crippen LogP contribution in [0.2, 0.25) is 5.02 Å². The van der Waals surface area contributed by atoms with Crippen LogP contribution >= 0.6 is 11.6 Å². The molecular weight excluding hydrogens is 504 g/mol. The highest BCUT2D eigenvalue weighted by molar-refractivity contribution is 6.31. The number of benzene rings is 2. The van der Waals surface area contributed by atoms with Crippen LogP contribution in [0.1, 0.15) is 100 Å². The van der Waals surface area contributed by atoms with Crippen molar-refractivity contribution in [2.75, 3.05) is 13.1 Å². The fraction of sp³-hybridized carbons (Fsp3) is 0.529. The summed E-state index contributed by atoms with van der Waals surface area (Å²) >= 11 is 6.84. The van der Waals surface area contributed by atoms with E-state index in [2.05, 4.69) is 67.3 Å². The lowest BCUT2D eigenvalue weighted by Crippen LogP contribution is -2.42. The maximum absolute atomic E-state index is 11.6. The van der Waals surface area contributed by atoms with Crippen LogP contribution in [-0.4, -0.2) is 40.8 Å². The Morgan fingerprint density at radius 2 is 1.69 bits per heavy atom. The molecule has 2 atom stereocenters. The monoisotopic (exact) mass is 546 g/mol. The van der Waals surface area contributed by atoms with Gasteiger partial charge in [-0.1, -0.05) is 80.3 Å². The standard InChI is InChI=1S/C34H43ClN2O2/c1-23-9-15-29(28-14-16-30(31(35)21-28)26-7-5-4-6-8-26)24(2)36-32(23)27-12-10-25(11-13-27)22-37-19-17-34(3,18-20-37)33(38)39/h10-16,21,23-24,26H,4-9,17-20,22H2,1-3H3,(H,38,39). The molecule has 2 aliphatic heterocycles. The largest absolute Gasteiger partial charge is 0.481 e. The number of rotatable bonds is 6. The Balaban J connectivity index is 1.27. The van der Waals surface area contributed by atoms with E-state index < -0.39 is 11.4 Å². The second-order valence-corrected chi connectivity index (χ2v) is 12.8. The number of aliphatic carboxylic acids is 1. The molecule has 0 amide bonds. The summed E-state index contributed by atoms with van der Waals surface area (Å²) in [5.74, 6) is 0.271. The lowest BCUT2D eigenvalue weighted by molar-refractivity contribution is -0.150. The molecule has 2 fully saturated rings. The third kappa shape index (κ3) is 6.33. The fourth-order valence-corrected chi connectivity index (χ4v) is 6.95. The molecule has 0 spiro atoms. The highest BCUT2D eigenvalue weighted by Gasteiger charge is 2.36. The molecule has 2 aromatic carbocycles. The van der Waals surface area contributed by atoms with Crippen molar-refractivity contribution in [3.8, 4) is 0 Å². The fourth-order valence-electron chi connectivity index (χ4n) is 6.62. The minimum Gasteiger partial charge on any atom is -0.481 e. The van der Waals surface area contributed by atoms with Crippen molar-refractivity contribution in [3.05, 3.63) is 75.8 Å². The highest BCUT2D eigenvalue weighted by Crippen LogP contribution is 2.38. The smallest absolute Gasteiger partial charge is 0.309 e. The molecule has 208 valence electrons. The van der Waals surface area contributed by atoms with Gasteiger partial charge in [0.05, 0.1) is 11.5 Å². The summed E-state index contributed by atoms with van der Waals surface area (Å²) in [5.41, 5.74) is 6.82. The van der Waals surface area contributed by atoms with Gasteiger partial charge in [0.25, 0.3) is 0 Å². The first kappa shape index (κ1) is 28.1. The molecule has 2 aromatic rings. The molecule has 3 aliphatic rings. The van der Waals surface area contributed by atoms with Gasteiger partial charge in [-0.25, -0.2) is 0 Å². The Labute approximate surface area is 239 Å². The number of aliphatic imine (C=N–C) groups is 1. The number of likely N-dealkylation sites (tertiary alicyclic amines) is 1. The number of halogens is 1. The molecule has 2 unspecified atom stereocenters. The maximum atomic E-state index is 11.6. The van der Waals surface area contributed by atoms with E-state index >= 15 is 0 Å². The lowest BCUT2D eigenvalue weighted by atomic mass is 9.80. The minimum atomic E-state index is -0.670. The van der Waals surface area contributed by atoms with E-state index in [-0.39, 0.29) is 6.04 Å². The first-order valence-electron chi connectivity index (χ1n) is 14.9. The van der Waals surface area contributed by atoms with E-state index in [4.69, 9.17) is 16.6 Å². The summed E-state index contributed by atoms with van der Waals surface area (Å²) in [4.78, 5) is 19.2. The molecule has 0 radical (unpaired) electrons. The van der Waals surface area contributed by atoms with E-state index in [9.17, 15) is 9.90 Å². The molecule has 1 aliphatic carbocycles. The second-order valence-electron chi connectivity index (χ2n) is 12.4. The summed E-state index contributed by atoms with van der Waals surface area (Å²) < 4.78 is 0. The van der Waals surface area contributed by atoms with Gasteiger partial charge in [0, 0.05) is 23.2 Å². The van der Waals surface area contributed by atoms with Crippen molar-refractivity contribution >= 4 is 28.9 Å². The Bertz CT molecular complexity index is 1230. The zero-order valence-electron chi connectivity index (χ0n) is 23.8. The second kappa shape index (κ2) is 12.0. The lowest BCUT2D eigenvalue weighted by Gasteiger charge is -2.36. The average molecular weight is 547 g/mol. The van der Waals surface area contributed by atoms with Crippen molar-refractivity contribution in [2.45, 2.75) is 90.6 Å². The van der Waals surface area contributed by atoms with Gasteiger partial charge in [-0.15, -0.1) is 0 Å². The van der Waals surface area contributed by atoms with Crippen LogP contribution in [0, 0.1) is 11.3 Å². The summed E-state index contributed by atoms with van der Waals surface area (Å²) in [5, 5.41) is 10.4. The summed E-state index contributed by atoms with van der Waals surface area (Å²) in [6, 6.07) is 15.6. The maximum Gasteiger partial charge on any atom is 0.309 e. The topological polar surface area (TPSA) is 52.9 Å². The van der Waals surface area contributed by atoms with Gasteiger partial charge < -0.3 is 5.11 Å². The predicted octanol–water partition coefficient (Wildman–Crippen LogP) is 8.38. The van der Waals surface area contributed by atoms with Crippen LogP contribution < -0.4 is 0 Å². The molecule has 0 aromatic heterocycles. The molecule has 0 bridgehead atoms. The number of hydrogen-bond acceptors (Lipinski definition) is 3. The molecule has 39 heavy (non-hydrogen) atoms. The predicted molar refractivity (Wildman–Crippen MR) is 162 cm³/mol. The van der Waals surface area contributed by atoms with Gasteiger partial charge in [0.15, 0.2) is 0 Å². The number of piperidine rings is 1. The SMILES string of the molecule is CC1CC=C(c2ccc(C3CCCCC3)c(Cl)c2)C(C)N=C1c1ccc(CN2CCC(C)(C(=O)O)CC2)cc1. The molecule has 1 saturated heterocycles. The molecule has 2 heterocycles. The Morgan fingerprint density at radius 3 is 2.33 bits per heavy atom. The Hall–Kier alpha value is -2.43. The van der Waals surface area contributed by atoms with Crippen molar-refractivity contribution < 1.29 is 9.90 Å². The zero-order valence-corrected chi connectivity index (χ0v) is 24.5. The van der Waals surface area contributed by atoms with Crippen molar-refractivity contribution in [3.63, 3.8) is 0 Å². The number of hydrogen-bond donors (Lipinski definition) is 1. The van der Waals surface area contributed by atoms with Crippen LogP contribution in [0.4, 0.5) is 0 Å². The summed E-state index contributed by atoms with van der Waals surface area (Å²) in [7, 11) is 0. The molecule has 4 nitrogen and oxygen atoms in total. The number of allylic oxidation sites excluding steroid dienone is 1. The van der Waals surface area contributed by atoms with Crippen LogP contribution in [0.3, 0.4) is 0 Å². The summed E-state index contributed by atoms with van der Waals surface area (Å²) in [6.07, 6.45) is 11.2. The molecule has 1 N–H and O–H groups in total. The quantitative estimate of drug-likeness (QED) is 0.396.